The molecule has 1 N–H and O–H groups in total. The molecule has 0 saturated carbocycles. The Bertz CT molecular complexity index is 1880. The Balaban J connectivity index is 1.28. The molecular formula is C32H26F3N7O3S. The summed E-state index contributed by atoms with van der Waals surface area (Å²) < 4.78 is 42.6. The van der Waals surface area contributed by atoms with Gasteiger partial charge in [0.25, 0.3) is 0 Å². The third kappa shape index (κ3) is 7.62. The Hall–Kier alpha value is -5.42. The smallest absolute Gasteiger partial charge is 0.406 e. The molecule has 0 aliphatic carbocycles. The molecule has 234 valence electrons. The number of allylic oxidation sites excluding steroid dienone is 1. The normalized spacial score (nSPS) is 14.6. The Morgan fingerprint density at radius 1 is 1.13 bits per heavy atom. The number of hydrogen-bond acceptors (Lipinski definition) is 7. The number of amides is 3. The van der Waals surface area contributed by atoms with Gasteiger partial charge in [-0.3, -0.25) is 15.0 Å². The first-order chi connectivity index (χ1) is 21.9. The van der Waals surface area contributed by atoms with Crippen LogP contribution < -0.4 is 15.0 Å². The third-order valence-electron chi connectivity index (χ3n) is 6.68. The second-order valence-corrected chi connectivity index (χ2v) is 11.3. The number of urea groups is 1. The van der Waals surface area contributed by atoms with E-state index in [1.165, 1.54) is 46.3 Å². The highest BCUT2D eigenvalue weighted by Crippen LogP contribution is 2.34. The minimum Gasteiger partial charge on any atom is -0.406 e. The van der Waals surface area contributed by atoms with Crippen LogP contribution >= 0.6 is 11.8 Å². The lowest BCUT2D eigenvalue weighted by Gasteiger charge is -2.22. The molecule has 14 heteroatoms. The molecule has 5 rings (SSSR count). The van der Waals surface area contributed by atoms with E-state index < -0.39 is 12.4 Å². The number of carbonyl (C=O) groups excluding carboxylic acids is 2. The van der Waals surface area contributed by atoms with E-state index in [9.17, 15) is 28.0 Å². The lowest BCUT2D eigenvalue weighted by Crippen LogP contribution is -2.32. The average Bonchev–Trinajstić information content (AvgIpc) is 3.63. The van der Waals surface area contributed by atoms with Crippen molar-refractivity contribution in [2.24, 2.45) is 4.99 Å². The molecule has 0 radical (unpaired) electrons. The molecule has 46 heavy (non-hydrogen) atoms. The highest BCUT2D eigenvalue weighted by molar-refractivity contribution is 8.15. The molecule has 1 aliphatic rings. The fourth-order valence-corrected chi connectivity index (χ4v) is 5.42. The van der Waals surface area contributed by atoms with Crippen molar-refractivity contribution in [3.05, 3.63) is 95.4 Å². The van der Waals surface area contributed by atoms with Crippen LogP contribution in [0.1, 0.15) is 36.5 Å². The van der Waals surface area contributed by atoms with Crippen LogP contribution in [0.2, 0.25) is 0 Å². The summed E-state index contributed by atoms with van der Waals surface area (Å²) in [7, 11) is 0. The number of aromatic nitrogens is 3. The second kappa shape index (κ2) is 13.3. The van der Waals surface area contributed by atoms with Crippen molar-refractivity contribution in [1.29, 1.82) is 5.26 Å². The average molecular weight is 646 g/mol. The van der Waals surface area contributed by atoms with Crippen LogP contribution in [-0.4, -0.2) is 44.0 Å². The van der Waals surface area contributed by atoms with Crippen LogP contribution in [0.15, 0.2) is 83.7 Å². The number of hydrogen-bond donors (Lipinski definition) is 1. The lowest BCUT2D eigenvalue weighted by molar-refractivity contribution is -0.274. The number of aryl methyl sites for hydroxylation is 1. The minimum atomic E-state index is -4.78. The number of halogens is 3. The zero-order chi connectivity index (χ0) is 33.0. The molecule has 0 bridgehead atoms. The van der Waals surface area contributed by atoms with E-state index in [1.54, 1.807) is 24.3 Å². The maximum Gasteiger partial charge on any atom is 0.573 e. The van der Waals surface area contributed by atoms with Crippen molar-refractivity contribution >= 4 is 40.6 Å². The molecule has 1 aliphatic heterocycles. The Morgan fingerprint density at radius 3 is 2.50 bits per heavy atom. The van der Waals surface area contributed by atoms with Crippen LogP contribution in [-0.2, 0) is 4.79 Å². The van der Waals surface area contributed by atoms with Gasteiger partial charge in [0.15, 0.2) is 11.0 Å². The third-order valence-corrected chi connectivity index (χ3v) is 7.60. The fourth-order valence-electron chi connectivity index (χ4n) is 4.56. The summed E-state index contributed by atoms with van der Waals surface area (Å²) in [5.74, 6) is 0.0996. The number of thioether (sulfide) groups is 1. The number of alkyl halides is 3. The van der Waals surface area contributed by atoms with Crippen molar-refractivity contribution in [2.45, 2.75) is 33.1 Å². The maximum absolute atomic E-state index is 12.8. The number of carbonyl (C=O) groups is 2. The molecular weight excluding hydrogens is 619 g/mol. The molecule has 1 saturated heterocycles. The lowest BCUT2D eigenvalue weighted by atomic mass is 9.99. The van der Waals surface area contributed by atoms with Crippen LogP contribution in [0.5, 0.6) is 5.75 Å². The predicted molar refractivity (Wildman–Crippen MR) is 168 cm³/mol. The van der Waals surface area contributed by atoms with Gasteiger partial charge in [-0.1, -0.05) is 62.0 Å². The van der Waals surface area contributed by atoms with Gasteiger partial charge >= 0.3 is 12.4 Å². The predicted octanol–water partition coefficient (Wildman–Crippen LogP) is 6.97. The maximum atomic E-state index is 12.8. The molecule has 2 heterocycles. The fraction of sp³-hybridized carbons (Fsp3) is 0.188. The monoisotopic (exact) mass is 645 g/mol. The van der Waals surface area contributed by atoms with Crippen LogP contribution in [0.4, 0.5) is 23.7 Å². The van der Waals surface area contributed by atoms with Gasteiger partial charge in [0.2, 0.25) is 5.91 Å². The number of aliphatic imine (C=N–C) groups is 1. The number of nitriles is 1. The largest absolute Gasteiger partial charge is 0.573 e. The molecule has 3 aromatic carbocycles. The number of benzene rings is 3. The number of nitrogens with zero attached hydrogens (tertiary/aromatic N) is 6. The van der Waals surface area contributed by atoms with Gasteiger partial charge in [-0.25, -0.2) is 14.5 Å². The summed E-state index contributed by atoms with van der Waals surface area (Å²) in [6, 6.07) is 19.0. The standard InChI is InChI=1S/C32H26F3N7O3S/c1-19(2)26-13-4-20(3)14-27(26)42-28(43)17-46-31(42)39-30(44)38-23(16-36)15-21-5-7-22(8-6-21)29-37-18-41(40-29)24-9-11-25(12-10-24)45-32(33,34)35/h4-15,18-19H,17H2,1-3H3,(H,38,44)/b23-15+,39-31?. The topological polar surface area (TPSA) is 126 Å². The van der Waals surface area contributed by atoms with Gasteiger partial charge in [0.05, 0.1) is 17.1 Å². The van der Waals surface area contributed by atoms with Gasteiger partial charge in [-0.2, -0.15) is 10.3 Å². The van der Waals surface area contributed by atoms with Crippen molar-refractivity contribution in [3.63, 3.8) is 0 Å². The van der Waals surface area contributed by atoms with Crippen LogP contribution in [0, 0.1) is 18.3 Å². The molecule has 4 aromatic rings. The molecule has 1 aromatic heterocycles. The molecule has 3 amide bonds. The SMILES string of the molecule is Cc1ccc(C(C)C)c(N2C(=O)CSC2=NC(=O)N/C(C#N)=C/c2ccc(-c3ncn(-c4ccc(OC(F)(F)F)cc4)n3)cc2)c1. The highest BCUT2D eigenvalue weighted by atomic mass is 32.2. The van der Waals surface area contributed by atoms with E-state index in [2.05, 4.69) is 25.1 Å². The zero-order valence-electron chi connectivity index (χ0n) is 24.7. The number of amidine groups is 1. The summed E-state index contributed by atoms with van der Waals surface area (Å²) in [5.41, 5.74) is 4.26. The summed E-state index contributed by atoms with van der Waals surface area (Å²) in [4.78, 5) is 35.5. The summed E-state index contributed by atoms with van der Waals surface area (Å²) in [6.45, 7) is 5.97. The van der Waals surface area contributed by atoms with Gasteiger partial charge in [-0.05, 0) is 65.9 Å². The Labute approximate surface area is 266 Å². The summed E-state index contributed by atoms with van der Waals surface area (Å²) in [5, 5.41) is 16.8. The summed E-state index contributed by atoms with van der Waals surface area (Å²) in [6.07, 6.45) is -1.89. The van der Waals surface area contributed by atoms with Gasteiger partial charge in [0.1, 0.15) is 23.8 Å². The number of anilines is 1. The van der Waals surface area contributed by atoms with Crippen molar-refractivity contribution in [1.82, 2.24) is 20.1 Å². The zero-order valence-corrected chi connectivity index (χ0v) is 25.6. The highest BCUT2D eigenvalue weighted by Gasteiger charge is 2.33. The van der Waals surface area contributed by atoms with E-state index in [0.717, 1.165) is 22.9 Å². The van der Waals surface area contributed by atoms with E-state index in [-0.39, 0.29) is 34.2 Å². The summed E-state index contributed by atoms with van der Waals surface area (Å²) >= 11 is 1.15. The van der Waals surface area contributed by atoms with Gasteiger partial charge in [-0.15, -0.1) is 18.3 Å². The van der Waals surface area contributed by atoms with Gasteiger partial charge in [0, 0.05) is 5.56 Å². The Kier molecular flexibility index (Phi) is 9.24. The molecule has 0 unspecified atom stereocenters. The van der Waals surface area contributed by atoms with Crippen molar-refractivity contribution in [3.8, 4) is 28.9 Å². The first-order valence-electron chi connectivity index (χ1n) is 13.9. The van der Waals surface area contributed by atoms with Crippen LogP contribution in [0.25, 0.3) is 23.2 Å². The van der Waals surface area contributed by atoms with E-state index in [4.69, 9.17) is 0 Å². The first-order valence-corrected chi connectivity index (χ1v) is 14.8. The quantitative estimate of drug-likeness (QED) is 0.215. The number of ether oxygens (including phenoxy) is 1. The van der Waals surface area contributed by atoms with E-state index in [0.29, 0.717) is 28.3 Å². The molecule has 0 atom stereocenters. The first kappa shape index (κ1) is 32.0. The minimum absolute atomic E-state index is 0.0539. The van der Waals surface area contributed by atoms with Crippen molar-refractivity contribution < 1.29 is 27.5 Å². The van der Waals surface area contributed by atoms with E-state index >= 15 is 0 Å². The van der Waals surface area contributed by atoms with Crippen molar-refractivity contribution in [2.75, 3.05) is 10.7 Å². The van der Waals surface area contributed by atoms with Gasteiger partial charge < -0.3 is 4.74 Å². The molecule has 10 nitrogen and oxygen atoms in total. The molecule has 0 spiro atoms. The van der Waals surface area contributed by atoms with E-state index in [1.807, 2.05) is 45.0 Å². The van der Waals surface area contributed by atoms with Crippen LogP contribution in [0.3, 0.4) is 0 Å². The second-order valence-electron chi connectivity index (χ2n) is 10.4. The number of rotatable bonds is 7. The number of nitrogens with one attached hydrogen (secondary N) is 1. The Morgan fingerprint density at radius 2 is 1.85 bits per heavy atom. The molecule has 1 fully saturated rings.